The Bertz CT molecular complexity index is 203. The van der Waals surface area contributed by atoms with Crippen molar-refractivity contribution in [1.29, 1.82) is 0 Å². The Morgan fingerprint density at radius 3 is 2.45 bits per heavy atom. The standard InChI is InChI=1S/C8H11NOS/c9-7-11(10)6-8-4-2-1-3-5-8/h1-5H,6-7,9H2. The van der Waals surface area contributed by atoms with Gasteiger partial charge in [-0.05, 0) is 11.2 Å². The average Bonchev–Trinajstić information content (AvgIpc) is 2.06. The van der Waals surface area contributed by atoms with Crippen molar-refractivity contribution in [2.45, 2.75) is 5.75 Å². The van der Waals surface area contributed by atoms with Gasteiger partial charge in [0.25, 0.3) is 0 Å². The summed E-state index contributed by atoms with van der Waals surface area (Å²) < 4.78 is 11.0. The van der Waals surface area contributed by atoms with Crippen molar-refractivity contribution in [3.05, 3.63) is 35.9 Å². The molecule has 0 heterocycles. The SMILES string of the molecule is NC[S+]([O-])Cc1ccccc1. The van der Waals surface area contributed by atoms with Crippen molar-refractivity contribution in [2.24, 2.45) is 5.73 Å². The number of rotatable bonds is 3. The quantitative estimate of drug-likeness (QED) is 0.682. The predicted octanol–water partition coefficient (Wildman–Crippen LogP) is 0.852. The summed E-state index contributed by atoms with van der Waals surface area (Å²) in [6.07, 6.45) is 0. The second kappa shape index (κ2) is 4.38. The number of nitrogens with two attached hydrogens (primary N) is 1. The zero-order valence-corrected chi connectivity index (χ0v) is 7.01. The highest BCUT2D eigenvalue weighted by Crippen LogP contribution is 2.04. The zero-order valence-electron chi connectivity index (χ0n) is 6.19. The van der Waals surface area contributed by atoms with E-state index in [9.17, 15) is 4.55 Å². The van der Waals surface area contributed by atoms with Crippen LogP contribution in [0.2, 0.25) is 0 Å². The van der Waals surface area contributed by atoms with Crippen LogP contribution in [-0.4, -0.2) is 10.4 Å². The monoisotopic (exact) mass is 169 g/mol. The van der Waals surface area contributed by atoms with E-state index in [4.69, 9.17) is 5.73 Å². The first-order valence-corrected chi connectivity index (χ1v) is 4.90. The van der Waals surface area contributed by atoms with Crippen LogP contribution in [0.4, 0.5) is 0 Å². The van der Waals surface area contributed by atoms with Crippen LogP contribution in [0.15, 0.2) is 30.3 Å². The van der Waals surface area contributed by atoms with E-state index in [2.05, 4.69) is 0 Å². The molecule has 1 aromatic carbocycles. The lowest BCUT2D eigenvalue weighted by atomic mass is 10.2. The van der Waals surface area contributed by atoms with E-state index in [1.54, 1.807) is 0 Å². The molecule has 2 nitrogen and oxygen atoms in total. The largest absolute Gasteiger partial charge is 0.615 e. The summed E-state index contributed by atoms with van der Waals surface area (Å²) in [5.41, 5.74) is 6.30. The Kier molecular flexibility index (Phi) is 3.42. The summed E-state index contributed by atoms with van der Waals surface area (Å²) in [5, 5.41) is 0. The molecule has 0 saturated carbocycles. The smallest absolute Gasteiger partial charge is 0.154 e. The highest BCUT2D eigenvalue weighted by molar-refractivity contribution is 7.90. The molecular weight excluding hydrogens is 158 g/mol. The molecule has 0 bridgehead atoms. The minimum absolute atomic E-state index is 0.245. The summed E-state index contributed by atoms with van der Waals surface area (Å²) in [6.45, 7) is 0. The Balaban J connectivity index is 2.51. The third-order valence-corrected chi connectivity index (χ3v) is 2.38. The van der Waals surface area contributed by atoms with Crippen molar-refractivity contribution in [3.63, 3.8) is 0 Å². The molecule has 0 radical (unpaired) electrons. The van der Waals surface area contributed by atoms with E-state index < -0.39 is 11.2 Å². The van der Waals surface area contributed by atoms with Crippen LogP contribution in [0.3, 0.4) is 0 Å². The summed E-state index contributed by atoms with van der Waals surface area (Å²) in [6, 6.07) is 9.71. The maximum absolute atomic E-state index is 11.0. The first kappa shape index (κ1) is 8.59. The minimum atomic E-state index is -0.900. The zero-order chi connectivity index (χ0) is 8.10. The molecule has 0 aliphatic rings. The Hall–Kier alpha value is -0.510. The summed E-state index contributed by atoms with van der Waals surface area (Å²) in [7, 11) is 0. The summed E-state index contributed by atoms with van der Waals surface area (Å²) in [5.74, 6) is 0.812. The molecule has 0 saturated heterocycles. The molecule has 3 heteroatoms. The molecule has 60 valence electrons. The molecule has 0 aliphatic heterocycles. The third-order valence-electron chi connectivity index (χ3n) is 1.36. The molecule has 0 amide bonds. The van der Waals surface area contributed by atoms with Gasteiger partial charge in [0, 0.05) is 5.56 Å². The molecule has 11 heavy (non-hydrogen) atoms. The van der Waals surface area contributed by atoms with Gasteiger partial charge >= 0.3 is 0 Å². The van der Waals surface area contributed by atoms with Gasteiger partial charge in [-0.15, -0.1) is 0 Å². The van der Waals surface area contributed by atoms with Crippen LogP contribution in [0.1, 0.15) is 5.56 Å². The van der Waals surface area contributed by atoms with Gasteiger partial charge in [-0.1, -0.05) is 30.3 Å². The van der Waals surface area contributed by atoms with Crippen molar-refractivity contribution in [3.8, 4) is 0 Å². The van der Waals surface area contributed by atoms with Crippen LogP contribution in [0.5, 0.6) is 0 Å². The predicted molar refractivity (Wildman–Crippen MR) is 47.3 cm³/mol. The second-order valence-corrected chi connectivity index (χ2v) is 3.74. The van der Waals surface area contributed by atoms with Crippen LogP contribution >= 0.6 is 0 Å². The Labute approximate surface area is 69.6 Å². The lowest BCUT2D eigenvalue weighted by Gasteiger charge is -2.06. The molecule has 0 spiro atoms. The van der Waals surface area contributed by atoms with Crippen LogP contribution in [0.25, 0.3) is 0 Å². The van der Waals surface area contributed by atoms with E-state index in [0.717, 1.165) is 5.56 Å². The molecule has 2 N–H and O–H groups in total. The van der Waals surface area contributed by atoms with Gasteiger partial charge in [-0.3, -0.25) is 5.73 Å². The molecule has 1 rings (SSSR count). The lowest BCUT2D eigenvalue weighted by Crippen LogP contribution is -2.16. The van der Waals surface area contributed by atoms with Crippen LogP contribution in [-0.2, 0) is 16.9 Å². The molecule has 0 aromatic heterocycles. The van der Waals surface area contributed by atoms with Gasteiger partial charge in [0.2, 0.25) is 0 Å². The molecular formula is C8H11NOS. The van der Waals surface area contributed by atoms with Gasteiger partial charge in [0.1, 0.15) is 5.75 Å². The number of hydrogen-bond acceptors (Lipinski definition) is 2. The summed E-state index contributed by atoms with van der Waals surface area (Å²) >= 11 is -0.900. The highest BCUT2D eigenvalue weighted by Gasteiger charge is 2.02. The normalized spacial score (nSPS) is 12.9. The Morgan fingerprint density at radius 1 is 1.27 bits per heavy atom. The molecule has 0 aliphatic carbocycles. The first-order chi connectivity index (χ1) is 5.33. The second-order valence-electron chi connectivity index (χ2n) is 2.24. The first-order valence-electron chi connectivity index (χ1n) is 3.42. The maximum Gasteiger partial charge on any atom is 0.154 e. The van der Waals surface area contributed by atoms with Crippen molar-refractivity contribution in [2.75, 3.05) is 5.88 Å². The van der Waals surface area contributed by atoms with Gasteiger partial charge in [0.05, 0.1) is 0 Å². The van der Waals surface area contributed by atoms with E-state index in [1.165, 1.54) is 0 Å². The maximum atomic E-state index is 11.0. The van der Waals surface area contributed by atoms with Crippen molar-refractivity contribution >= 4 is 11.2 Å². The van der Waals surface area contributed by atoms with Gasteiger partial charge in [-0.25, -0.2) is 0 Å². The fourth-order valence-corrected chi connectivity index (χ4v) is 1.50. The summed E-state index contributed by atoms with van der Waals surface area (Å²) in [4.78, 5) is 0. The minimum Gasteiger partial charge on any atom is -0.615 e. The molecule has 0 fully saturated rings. The van der Waals surface area contributed by atoms with Crippen LogP contribution < -0.4 is 5.73 Å². The average molecular weight is 169 g/mol. The van der Waals surface area contributed by atoms with E-state index in [1.807, 2.05) is 30.3 Å². The van der Waals surface area contributed by atoms with Gasteiger partial charge < -0.3 is 4.55 Å². The van der Waals surface area contributed by atoms with Crippen molar-refractivity contribution < 1.29 is 4.55 Å². The number of benzene rings is 1. The Morgan fingerprint density at radius 2 is 1.91 bits per heavy atom. The van der Waals surface area contributed by atoms with Gasteiger partial charge in [0.15, 0.2) is 5.88 Å². The molecule has 1 unspecified atom stereocenters. The van der Waals surface area contributed by atoms with E-state index >= 15 is 0 Å². The fourth-order valence-electron chi connectivity index (χ4n) is 0.819. The topological polar surface area (TPSA) is 49.1 Å². The van der Waals surface area contributed by atoms with Gasteiger partial charge in [-0.2, -0.15) is 0 Å². The third kappa shape index (κ3) is 2.93. The van der Waals surface area contributed by atoms with Crippen molar-refractivity contribution in [1.82, 2.24) is 0 Å². The van der Waals surface area contributed by atoms with E-state index in [-0.39, 0.29) is 5.88 Å². The number of hydrogen-bond donors (Lipinski definition) is 1. The molecule has 1 aromatic rings. The van der Waals surface area contributed by atoms with E-state index in [0.29, 0.717) is 5.75 Å². The highest BCUT2D eigenvalue weighted by atomic mass is 32.2. The fraction of sp³-hybridized carbons (Fsp3) is 0.250. The lowest BCUT2D eigenvalue weighted by molar-refractivity contribution is 0.594. The van der Waals surface area contributed by atoms with Crippen LogP contribution in [0, 0.1) is 0 Å². The molecule has 1 atom stereocenters.